The van der Waals surface area contributed by atoms with Gasteiger partial charge in [0.2, 0.25) is 5.91 Å². The third kappa shape index (κ3) is 3.12. The van der Waals surface area contributed by atoms with Gasteiger partial charge in [-0.05, 0) is 32.0 Å². The van der Waals surface area contributed by atoms with Gasteiger partial charge in [0.1, 0.15) is 0 Å². The molecule has 7 nitrogen and oxygen atoms in total. The fraction of sp³-hybridized carbons (Fsp3) is 0.500. The molecule has 0 radical (unpaired) electrons. The number of hydrazine groups is 1. The molecule has 5 N–H and O–H groups in total. The summed E-state index contributed by atoms with van der Waals surface area (Å²) in [7, 11) is 0. The van der Waals surface area contributed by atoms with E-state index < -0.39 is 5.91 Å². The lowest BCUT2D eigenvalue weighted by molar-refractivity contribution is -0.123. The van der Waals surface area contributed by atoms with E-state index in [0.29, 0.717) is 6.54 Å². The maximum absolute atomic E-state index is 11.5. The van der Waals surface area contributed by atoms with Crippen molar-refractivity contribution in [2.75, 3.05) is 13.1 Å². The third-order valence-corrected chi connectivity index (χ3v) is 3.47. The maximum Gasteiger partial charge on any atom is 0.301 e. The molecule has 104 valence electrons. The molecule has 0 aromatic carbocycles. The average molecular weight is 266 g/mol. The topological polar surface area (TPSA) is 115 Å². The summed E-state index contributed by atoms with van der Waals surface area (Å²) in [4.78, 5) is 24.7. The maximum atomic E-state index is 11.5. The first-order valence-electron chi connectivity index (χ1n) is 6.20. The first-order chi connectivity index (χ1) is 9.11. The van der Waals surface area contributed by atoms with E-state index in [1.807, 2.05) is 0 Å². The zero-order chi connectivity index (χ0) is 13.8. The minimum Gasteiger partial charge on any atom is -0.459 e. The summed E-state index contributed by atoms with van der Waals surface area (Å²) in [5.74, 6) is 4.62. The van der Waals surface area contributed by atoms with Gasteiger partial charge < -0.3 is 10.2 Å². The molecule has 2 amide bonds. The standard InChI is InChI=1S/C12H18N4O3/c13-11(17)8-1-4-16(5-2-8)7-9-3-6-19-10(9)12(18)15-14/h3,6,8H,1-2,4-5,7,14H2,(H2,13,17)(H,15,18). The Labute approximate surface area is 110 Å². The number of carbonyl (C=O) groups excluding carboxylic acids is 2. The van der Waals surface area contributed by atoms with Crippen molar-refractivity contribution in [2.45, 2.75) is 19.4 Å². The molecule has 1 aliphatic heterocycles. The van der Waals surface area contributed by atoms with Crippen molar-refractivity contribution >= 4 is 11.8 Å². The zero-order valence-corrected chi connectivity index (χ0v) is 10.6. The Morgan fingerprint density at radius 1 is 1.42 bits per heavy atom. The average Bonchev–Trinajstić information content (AvgIpc) is 2.86. The number of likely N-dealkylation sites (tertiary alicyclic amines) is 1. The van der Waals surface area contributed by atoms with E-state index >= 15 is 0 Å². The SMILES string of the molecule is NNC(=O)c1occc1CN1CCC(C(N)=O)CC1. The second kappa shape index (κ2) is 5.85. The van der Waals surface area contributed by atoms with Crippen LogP contribution in [0.5, 0.6) is 0 Å². The Bertz CT molecular complexity index is 463. The number of rotatable bonds is 4. The Hall–Kier alpha value is -1.86. The van der Waals surface area contributed by atoms with Crippen LogP contribution in [0.2, 0.25) is 0 Å². The van der Waals surface area contributed by atoms with E-state index in [1.165, 1.54) is 6.26 Å². The Morgan fingerprint density at radius 2 is 2.11 bits per heavy atom. The Morgan fingerprint density at radius 3 is 2.68 bits per heavy atom. The fourth-order valence-corrected chi connectivity index (χ4v) is 2.34. The van der Waals surface area contributed by atoms with E-state index in [2.05, 4.69) is 10.3 Å². The van der Waals surface area contributed by atoms with Gasteiger partial charge in [0.15, 0.2) is 5.76 Å². The first-order valence-corrected chi connectivity index (χ1v) is 6.20. The molecule has 1 saturated heterocycles. The van der Waals surface area contributed by atoms with Crippen LogP contribution >= 0.6 is 0 Å². The summed E-state index contributed by atoms with van der Waals surface area (Å²) in [5, 5.41) is 0. The van der Waals surface area contributed by atoms with Crippen molar-refractivity contribution in [1.29, 1.82) is 0 Å². The number of primary amides is 1. The Kier molecular flexibility index (Phi) is 4.18. The van der Waals surface area contributed by atoms with Gasteiger partial charge in [-0.2, -0.15) is 0 Å². The number of hydrogen-bond donors (Lipinski definition) is 3. The zero-order valence-electron chi connectivity index (χ0n) is 10.6. The van der Waals surface area contributed by atoms with Crippen molar-refractivity contribution in [1.82, 2.24) is 10.3 Å². The van der Waals surface area contributed by atoms with Crippen LogP contribution in [0.15, 0.2) is 16.7 Å². The lowest BCUT2D eigenvalue weighted by atomic mass is 9.96. The van der Waals surface area contributed by atoms with Gasteiger partial charge in [0.05, 0.1) is 6.26 Å². The van der Waals surface area contributed by atoms with E-state index in [0.717, 1.165) is 31.5 Å². The fourth-order valence-electron chi connectivity index (χ4n) is 2.34. The van der Waals surface area contributed by atoms with Gasteiger partial charge in [0.25, 0.3) is 0 Å². The summed E-state index contributed by atoms with van der Waals surface area (Å²) in [6.45, 7) is 2.16. The molecule has 2 heterocycles. The van der Waals surface area contributed by atoms with Gasteiger partial charge in [-0.25, -0.2) is 5.84 Å². The van der Waals surface area contributed by atoms with Crippen LogP contribution in [0.1, 0.15) is 29.0 Å². The lowest BCUT2D eigenvalue weighted by Gasteiger charge is -2.30. The molecule has 2 rings (SSSR count). The molecule has 1 fully saturated rings. The second-order valence-electron chi connectivity index (χ2n) is 4.70. The largest absolute Gasteiger partial charge is 0.459 e. The quantitative estimate of drug-likeness (QED) is 0.389. The van der Waals surface area contributed by atoms with Crippen LogP contribution in [0.3, 0.4) is 0 Å². The van der Waals surface area contributed by atoms with Crippen LogP contribution in [-0.4, -0.2) is 29.8 Å². The van der Waals surface area contributed by atoms with Crippen LogP contribution in [0.4, 0.5) is 0 Å². The highest BCUT2D eigenvalue weighted by Crippen LogP contribution is 2.20. The lowest BCUT2D eigenvalue weighted by Crippen LogP contribution is -2.38. The summed E-state index contributed by atoms with van der Waals surface area (Å²) in [6, 6.07) is 1.75. The van der Waals surface area contributed by atoms with E-state index in [1.54, 1.807) is 6.07 Å². The number of amides is 2. The summed E-state index contributed by atoms with van der Waals surface area (Å²) >= 11 is 0. The van der Waals surface area contributed by atoms with Crippen molar-refractivity contribution in [3.8, 4) is 0 Å². The molecule has 0 spiro atoms. The first kappa shape index (κ1) is 13.6. The molecule has 0 atom stereocenters. The summed E-state index contributed by atoms with van der Waals surface area (Å²) < 4.78 is 5.13. The molecule has 0 saturated carbocycles. The number of piperidine rings is 1. The number of nitrogens with one attached hydrogen (secondary N) is 1. The van der Waals surface area contributed by atoms with Crippen LogP contribution in [0.25, 0.3) is 0 Å². The van der Waals surface area contributed by atoms with E-state index in [9.17, 15) is 9.59 Å². The highest BCUT2D eigenvalue weighted by molar-refractivity contribution is 5.92. The molecule has 1 aromatic heterocycles. The predicted molar refractivity (Wildman–Crippen MR) is 67.6 cm³/mol. The second-order valence-corrected chi connectivity index (χ2v) is 4.70. The van der Waals surface area contributed by atoms with Crippen molar-refractivity contribution in [3.05, 3.63) is 23.7 Å². The van der Waals surface area contributed by atoms with Gasteiger partial charge in [-0.1, -0.05) is 0 Å². The van der Waals surface area contributed by atoms with E-state index in [-0.39, 0.29) is 17.6 Å². The molecule has 0 unspecified atom stereocenters. The highest BCUT2D eigenvalue weighted by atomic mass is 16.3. The Balaban J connectivity index is 1.94. The molecule has 7 heteroatoms. The number of carbonyl (C=O) groups is 2. The molecule has 1 aliphatic rings. The van der Waals surface area contributed by atoms with Gasteiger partial charge >= 0.3 is 5.91 Å². The number of nitrogens with zero attached hydrogens (tertiary/aromatic N) is 1. The number of nitrogens with two attached hydrogens (primary N) is 2. The normalized spacial score (nSPS) is 17.3. The molecule has 1 aromatic rings. The van der Waals surface area contributed by atoms with Gasteiger partial charge in [0, 0.05) is 18.0 Å². The van der Waals surface area contributed by atoms with Crippen molar-refractivity contribution < 1.29 is 14.0 Å². The van der Waals surface area contributed by atoms with Crippen LogP contribution in [0, 0.1) is 5.92 Å². The minimum absolute atomic E-state index is 0.0348. The predicted octanol–water partition coefficient (Wildman–Crippen LogP) is -0.420. The van der Waals surface area contributed by atoms with Crippen molar-refractivity contribution in [2.24, 2.45) is 17.5 Å². The van der Waals surface area contributed by atoms with E-state index in [4.69, 9.17) is 16.0 Å². The number of nitrogen functional groups attached to an aromatic ring is 1. The summed E-state index contributed by atoms with van der Waals surface area (Å²) in [6.07, 6.45) is 2.98. The van der Waals surface area contributed by atoms with Crippen LogP contribution < -0.4 is 17.0 Å². The van der Waals surface area contributed by atoms with Crippen molar-refractivity contribution in [3.63, 3.8) is 0 Å². The smallest absolute Gasteiger partial charge is 0.301 e. The molecular formula is C12H18N4O3. The minimum atomic E-state index is -0.438. The number of furan rings is 1. The molecule has 0 aliphatic carbocycles. The van der Waals surface area contributed by atoms with Gasteiger partial charge in [-0.15, -0.1) is 0 Å². The third-order valence-electron chi connectivity index (χ3n) is 3.47. The molecular weight excluding hydrogens is 248 g/mol. The van der Waals surface area contributed by atoms with Gasteiger partial charge in [-0.3, -0.25) is 19.9 Å². The number of hydrogen-bond acceptors (Lipinski definition) is 5. The molecule has 0 bridgehead atoms. The molecule has 19 heavy (non-hydrogen) atoms. The highest BCUT2D eigenvalue weighted by Gasteiger charge is 2.24. The van der Waals surface area contributed by atoms with Crippen LogP contribution in [-0.2, 0) is 11.3 Å². The monoisotopic (exact) mass is 266 g/mol. The summed E-state index contributed by atoms with van der Waals surface area (Å²) in [5.41, 5.74) is 8.14.